The molecule has 0 fully saturated rings. The molecule has 4 aromatic carbocycles. The first kappa shape index (κ1) is 27.1. The molecule has 10 heteroatoms. The Balaban J connectivity index is 1.71. The van der Waals surface area contributed by atoms with Crippen LogP contribution in [0.5, 0.6) is 11.5 Å². The number of alkyl halides is 6. The van der Waals surface area contributed by atoms with Gasteiger partial charge in [0.05, 0.1) is 0 Å². The highest BCUT2D eigenvalue weighted by molar-refractivity contribution is 6.13. The van der Waals surface area contributed by atoms with E-state index in [1.807, 2.05) is 0 Å². The lowest BCUT2D eigenvalue weighted by molar-refractivity contribution is -0.141. The molecular weight excluding hydrogens is 558 g/mol. The number of halogens is 6. The molecule has 0 atom stereocenters. The van der Waals surface area contributed by atoms with Crippen LogP contribution in [0, 0.1) is 0 Å². The van der Waals surface area contributed by atoms with Gasteiger partial charge in [-0.3, -0.25) is 9.97 Å². The third-order valence-electron chi connectivity index (χ3n) is 7.02. The van der Waals surface area contributed by atoms with E-state index in [1.54, 1.807) is 48.5 Å². The molecule has 42 heavy (non-hydrogen) atoms. The van der Waals surface area contributed by atoms with E-state index in [0.717, 1.165) is 24.5 Å². The molecule has 2 aromatic heterocycles. The van der Waals surface area contributed by atoms with Gasteiger partial charge in [0, 0.05) is 34.6 Å². The first-order valence-corrected chi connectivity index (χ1v) is 12.5. The predicted octanol–water partition coefficient (Wildman–Crippen LogP) is 9.23. The molecule has 0 aliphatic rings. The van der Waals surface area contributed by atoms with Crippen LogP contribution in [-0.2, 0) is 12.4 Å². The van der Waals surface area contributed by atoms with Gasteiger partial charge in [0.1, 0.15) is 22.9 Å². The van der Waals surface area contributed by atoms with Crippen molar-refractivity contribution in [2.45, 2.75) is 12.4 Å². The molecule has 0 amide bonds. The zero-order valence-corrected chi connectivity index (χ0v) is 21.3. The van der Waals surface area contributed by atoms with E-state index >= 15 is 0 Å². The number of nitrogens with zero attached hydrogens (tertiary/aromatic N) is 2. The fraction of sp³-hybridized carbons (Fsp3) is 0.0625. The van der Waals surface area contributed by atoms with Gasteiger partial charge in [-0.2, -0.15) is 26.3 Å². The minimum absolute atomic E-state index is 0.0331. The summed E-state index contributed by atoms with van der Waals surface area (Å²) in [4.78, 5) is 6.80. The standard InChI is InChI=1S/C32H18F6N2O2/c33-31(34,35)25-15-19(9-11-39-25)23-13-17-5-1-3-7-21(17)27(29(23)41)28-22-8-4-2-6-18(22)14-24(30(28)42)20-10-12-40-26(16-20)32(36,37)38/h1-16,41-42H. The van der Waals surface area contributed by atoms with E-state index in [2.05, 4.69) is 9.97 Å². The SMILES string of the molecule is Oc1c(-c2ccnc(C(F)(F)F)c2)cc2ccccc2c1-c1c(O)c(-c2ccnc(C(F)(F)F)c2)cc2ccccc12. The summed E-state index contributed by atoms with van der Waals surface area (Å²) in [6.45, 7) is 0. The quantitative estimate of drug-likeness (QED) is 0.206. The molecule has 0 aliphatic carbocycles. The van der Waals surface area contributed by atoms with Gasteiger partial charge in [0.15, 0.2) is 0 Å². The molecule has 0 unspecified atom stereocenters. The molecule has 2 N–H and O–H groups in total. The summed E-state index contributed by atoms with van der Waals surface area (Å²) in [6, 6.07) is 20.9. The Morgan fingerprint density at radius 3 is 1.26 bits per heavy atom. The summed E-state index contributed by atoms with van der Waals surface area (Å²) in [6.07, 6.45) is -7.48. The molecule has 4 nitrogen and oxygen atoms in total. The molecule has 0 aliphatic heterocycles. The van der Waals surface area contributed by atoms with E-state index in [0.29, 0.717) is 21.5 Å². The summed E-state index contributed by atoms with van der Waals surface area (Å²) in [5.41, 5.74) is -1.92. The van der Waals surface area contributed by atoms with Crippen molar-refractivity contribution in [3.8, 4) is 44.9 Å². The lowest BCUT2D eigenvalue weighted by atomic mass is 9.86. The maximum absolute atomic E-state index is 13.5. The minimum atomic E-state index is -4.73. The zero-order valence-electron chi connectivity index (χ0n) is 21.3. The van der Waals surface area contributed by atoms with Gasteiger partial charge in [-0.1, -0.05) is 48.5 Å². The molecule has 0 bridgehead atoms. The third-order valence-corrected chi connectivity index (χ3v) is 7.02. The van der Waals surface area contributed by atoms with Crippen LogP contribution in [0.2, 0.25) is 0 Å². The number of fused-ring (bicyclic) bond motifs is 2. The fourth-order valence-electron chi connectivity index (χ4n) is 5.13. The van der Waals surface area contributed by atoms with Crippen LogP contribution in [0.4, 0.5) is 26.3 Å². The number of hydrogen-bond donors (Lipinski definition) is 2. The molecular formula is C32H18F6N2O2. The van der Waals surface area contributed by atoms with Crippen molar-refractivity contribution < 1.29 is 36.6 Å². The Kier molecular flexibility index (Phi) is 6.29. The fourth-order valence-corrected chi connectivity index (χ4v) is 5.13. The highest BCUT2D eigenvalue weighted by Crippen LogP contribution is 2.51. The topological polar surface area (TPSA) is 66.2 Å². The van der Waals surface area contributed by atoms with E-state index in [9.17, 15) is 36.6 Å². The van der Waals surface area contributed by atoms with Crippen LogP contribution in [0.25, 0.3) is 54.9 Å². The highest BCUT2D eigenvalue weighted by Gasteiger charge is 2.34. The van der Waals surface area contributed by atoms with Crippen LogP contribution >= 0.6 is 0 Å². The van der Waals surface area contributed by atoms with E-state index in [4.69, 9.17) is 0 Å². The highest BCUT2D eigenvalue weighted by atomic mass is 19.4. The second kappa shape index (κ2) is 9.76. The van der Waals surface area contributed by atoms with Crippen LogP contribution in [0.1, 0.15) is 11.4 Å². The maximum atomic E-state index is 13.5. The Hall–Kier alpha value is -5.12. The van der Waals surface area contributed by atoms with Crippen molar-refractivity contribution in [1.29, 1.82) is 0 Å². The second-order valence-corrected chi connectivity index (χ2v) is 9.59. The van der Waals surface area contributed by atoms with E-state index in [-0.39, 0.29) is 33.4 Å². The molecule has 0 saturated carbocycles. The lowest BCUT2D eigenvalue weighted by Gasteiger charge is -2.20. The van der Waals surface area contributed by atoms with Gasteiger partial charge in [-0.15, -0.1) is 0 Å². The molecule has 0 radical (unpaired) electrons. The van der Waals surface area contributed by atoms with Crippen LogP contribution in [-0.4, -0.2) is 20.2 Å². The molecule has 210 valence electrons. The predicted molar refractivity (Wildman–Crippen MR) is 147 cm³/mol. The molecule has 0 spiro atoms. The van der Waals surface area contributed by atoms with Gasteiger partial charge < -0.3 is 10.2 Å². The van der Waals surface area contributed by atoms with Gasteiger partial charge in [0.2, 0.25) is 0 Å². The average Bonchev–Trinajstić information content (AvgIpc) is 2.96. The zero-order chi connectivity index (χ0) is 29.8. The van der Waals surface area contributed by atoms with E-state index < -0.39 is 35.2 Å². The molecule has 2 heterocycles. The monoisotopic (exact) mass is 576 g/mol. The number of aromatic nitrogens is 2. The Morgan fingerprint density at radius 2 is 0.881 bits per heavy atom. The summed E-state index contributed by atoms with van der Waals surface area (Å²) < 4.78 is 80.9. The number of benzene rings is 4. The summed E-state index contributed by atoms with van der Waals surface area (Å²) >= 11 is 0. The van der Waals surface area contributed by atoms with Crippen molar-refractivity contribution in [3.05, 3.63) is 109 Å². The van der Waals surface area contributed by atoms with Gasteiger partial charge in [0.25, 0.3) is 0 Å². The maximum Gasteiger partial charge on any atom is 0.433 e. The first-order chi connectivity index (χ1) is 19.9. The van der Waals surface area contributed by atoms with Gasteiger partial charge in [-0.25, -0.2) is 0 Å². The van der Waals surface area contributed by atoms with Crippen LogP contribution < -0.4 is 0 Å². The number of hydrogen-bond acceptors (Lipinski definition) is 4. The normalized spacial score (nSPS) is 12.2. The van der Waals surface area contributed by atoms with Crippen LogP contribution in [0.15, 0.2) is 97.3 Å². The number of phenolic OH excluding ortho intramolecular Hbond substituents is 2. The summed E-state index contributed by atoms with van der Waals surface area (Å²) in [5, 5.41) is 25.4. The van der Waals surface area contributed by atoms with Crippen molar-refractivity contribution in [1.82, 2.24) is 9.97 Å². The van der Waals surface area contributed by atoms with Gasteiger partial charge in [-0.05, 0) is 69.1 Å². The average molecular weight is 576 g/mol. The first-order valence-electron chi connectivity index (χ1n) is 12.5. The van der Waals surface area contributed by atoms with Crippen LogP contribution in [0.3, 0.4) is 0 Å². The smallest absolute Gasteiger partial charge is 0.433 e. The second-order valence-electron chi connectivity index (χ2n) is 9.59. The number of phenols is 2. The van der Waals surface area contributed by atoms with Crippen molar-refractivity contribution >= 4 is 21.5 Å². The minimum Gasteiger partial charge on any atom is -0.507 e. The van der Waals surface area contributed by atoms with Crippen molar-refractivity contribution in [2.75, 3.05) is 0 Å². The van der Waals surface area contributed by atoms with E-state index in [1.165, 1.54) is 24.3 Å². The number of rotatable bonds is 3. The van der Waals surface area contributed by atoms with Crippen molar-refractivity contribution in [3.63, 3.8) is 0 Å². The summed E-state index contributed by atoms with van der Waals surface area (Å²) in [5.74, 6) is -0.840. The number of pyridine rings is 2. The Labute approximate surface area is 234 Å². The largest absolute Gasteiger partial charge is 0.507 e. The molecule has 6 rings (SSSR count). The van der Waals surface area contributed by atoms with Crippen molar-refractivity contribution in [2.24, 2.45) is 0 Å². The van der Waals surface area contributed by atoms with Gasteiger partial charge >= 0.3 is 12.4 Å². The lowest BCUT2D eigenvalue weighted by Crippen LogP contribution is -2.07. The molecule has 6 aromatic rings. The Bertz CT molecular complexity index is 1860. The third kappa shape index (κ3) is 4.64. The number of aromatic hydroxyl groups is 2. The summed E-state index contributed by atoms with van der Waals surface area (Å²) in [7, 11) is 0. The molecule has 0 saturated heterocycles. The Morgan fingerprint density at radius 1 is 0.500 bits per heavy atom.